The van der Waals surface area contributed by atoms with Crippen molar-refractivity contribution in [2.24, 2.45) is 0 Å². The highest BCUT2D eigenvalue weighted by molar-refractivity contribution is 7.80. The number of thiocarbonyl (C=S) groups is 1. The Morgan fingerprint density at radius 1 is 1.09 bits per heavy atom. The molecule has 4 nitrogen and oxygen atoms in total. The van der Waals surface area contributed by atoms with Gasteiger partial charge in [0.1, 0.15) is 11.5 Å². The second-order valence-electron chi connectivity index (χ2n) is 4.69. The summed E-state index contributed by atoms with van der Waals surface area (Å²) in [5, 5.41) is 6.07. The number of anilines is 2. The van der Waals surface area contributed by atoms with Crippen LogP contribution in [0.25, 0.3) is 0 Å². The van der Waals surface area contributed by atoms with Crippen LogP contribution in [0.1, 0.15) is 5.56 Å². The Morgan fingerprint density at radius 3 is 2.39 bits per heavy atom. The number of benzene rings is 2. The van der Waals surface area contributed by atoms with Crippen LogP contribution in [0, 0.1) is 6.92 Å². The number of aryl methyl sites for hydroxylation is 1. The van der Waals surface area contributed by atoms with Crippen molar-refractivity contribution in [1.82, 2.24) is 0 Å². The van der Waals surface area contributed by atoms with Gasteiger partial charge in [0.15, 0.2) is 5.11 Å². The van der Waals surface area contributed by atoms with Crippen LogP contribution in [0.4, 0.5) is 20.2 Å². The maximum atomic E-state index is 12.5. The maximum Gasteiger partial charge on any atom is 0.387 e. The van der Waals surface area contributed by atoms with Gasteiger partial charge < -0.3 is 20.1 Å². The lowest BCUT2D eigenvalue weighted by Crippen LogP contribution is -2.20. The van der Waals surface area contributed by atoms with E-state index in [9.17, 15) is 8.78 Å². The molecule has 0 saturated carbocycles. The van der Waals surface area contributed by atoms with Gasteiger partial charge in [-0.3, -0.25) is 0 Å². The molecular formula is C16H16F2N2O2S. The van der Waals surface area contributed by atoms with E-state index in [0.29, 0.717) is 5.69 Å². The van der Waals surface area contributed by atoms with Crippen molar-refractivity contribution >= 4 is 28.7 Å². The van der Waals surface area contributed by atoms with Crippen molar-refractivity contribution in [3.63, 3.8) is 0 Å². The first kappa shape index (κ1) is 17.0. The zero-order chi connectivity index (χ0) is 16.8. The highest BCUT2D eigenvalue weighted by Gasteiger charge is 2.11. The van der Waals surface area contributed by atoms with Gasteiger partial charge in [0.25, 0.3) is 0 Å². The molecule has 0 aliphatic heterocycles. The van der Waals surface area contributed by atoms with Crippen molar-refractivity contribution in [2.45, 2.75) is 13.5 Å². The lowest BCUT2D eigenvalue weighted by atomic mass is 10.2. The van der Waals surface area contributed by atoms with Crippen LogP contribution in [0.2, 0.25) is 0 Å². The molecule has 7 heteroatoms. The summed E-state index contributed by atoms with van der Waals surface area (Å²) in [5.74, 6) is 0.763. The van der Waals surface area contributed by atoms with Crippen LogP contribution in [0.15, 0.2) is 42.5 Å². The Bertz CT molecular complexity index is 678. The average Bonchev–Trinajstić information content (AvgIpc) is 2.50. The Balaban J connectivity index is 2.07. The normalized spacial score (nSPS) is 10.3. The number of hydrogen-bond acceptors (Lipinski definition) is 3. The standard InChI is InChI=1S/C16H16F2N2O2S/c1-10-3-8-13(14(9-10)22-15(17)18)20-16(23)19-11-4-6-12(21-2)7-5-11/h3-9,15H,1-2H3,(H2,19,20,23). The second-order valence-corrected chi connectivity index (χ2v) is 5.09. The van der Waals surface area contributed by atoms with Crippen LogP contribution >= 0.6 is 12.2 Å². The molecule has 0 saturated heterocycles. The SMILES string of the molecule is COc1ccc(NC(=S)Nc2ccc(C)cc2OC(F)F)cc1. The van der Waals surface area contributed by atoms with Crippen molar-refractivity contribution in [3.05, 3.63) is 48.0 Å². The Labute approximate surface area is 138 Å². The molecule has 0 unspecified atom stereocenters. The molecule has 0 spiro atoms. The molecule has 0 radical (unpaired) electrons. The third kappa shape index (κ3) is 5.07. The van der Waals surface area contributed by atoms with E-state index in [-0.39, 0.29) is 10.9 Å². The predicted molar refractivity (Wildman–Crippen MR) is 90.6 cm³/mol. The van der Waals surface area contributed by atoms with Crippen LogP contribution in [0.3, 0.4) is 0 Å². The second kappa shape index (κ2) is 7.73. The lowest BCUT2D eigenvalue weighted by molar-refractivity contribution is -0.0493. The fourth-order valence-corrected chi connectivity index (χ4v) is 2.11. The van der Waals surface area contributed by atoms with Crippen molar-refractivity contribution < 1.29 is 18.3 Å². The van der Waals surface area contributed by atoms with Gasteiger partial charge in [0.05, 0.1) is 12.8 Å². The topological polar surface area (TPSA) is 42.5 Å². The summed E-state index contributed by atoms with van der Waals surface area (Å²) in [5.41, 5.74) is 1.91. The Morgan fingerprint density at radius 2 is 1.78 bits per heavy atom. The monoisotopic (exact) mass is 338 g/mol. The first-order valence-electron chi connectivity index (χ1n) is 6.75. The molecule has 0 aliphatic carbocycles. The van der Waals surface area contributed by atoms with E-state index < -0.39 is 6.61 Å². The maximum absolute atomic E-state index is 12.5. The number of alkyl halides is 2. The molecule has 2 aromatic rings. The minimum Gasteiger partial charge on any atom is -0.497 e. The summed E-state index contributed by atoms with van der Waals surface area (Å²) in [6.07, 6.45) is 0. The fourth-order valence-electron chi connectivity index (χ4n) is 1.89. The van der Waals surface area contributed by atoms with Crippen molar-refractivity contribution in [3.8, 4) is 11.5 Å². The number of ether oxygens (including phenoxy) is 2. The van der Waals surface area contributed by atoms with Crippen molar-refractivity contribution in [2.75, 3.05) is 17.7 Å². The van der Waals surface area contributed by atoms with Crippen LogP contribution < -0.4 is 20.1 Å². The first-order chi connectivity index (χ1) is 11.0. The summed E-state index contributed by atoms with van der Waals surface area (Å²) in [4.78, 5) is 0. The van der Waals surface area contributed by atoms with E-state index in [1.165, 1.54) is 6.07 Å². The lowest BCUT2D eigenvalue weighted by Gasteiger charge is -2.15. The summed E-state index contributed by atoms with van der Waals surface area (Å²) < 4.78 is 34.5. The largest absolute Gasteiger partial charge is 0.497 e. The van der Waals surface area contributed by atoms with Crippen LogP contribution in [-0.2, 0) is 0 Å². The fraction of sp³-hybridized carbons (Fsp3) is 0.188. The molecule has 23 heavy (non-hydrogen) atoms. The highest BCUT2D eigenvalue weighted by atomic mass is 32.1. The van der Waals surface area contributed by atoms with Crippen LogP contribution in [-0.4, -0.2) is 18.8 Å². The van der Waals surface area contributed by atoms with Crippen LogP contribution in [0.5, 0.6) is 11.5 Å². The predicted octanol–water partition coefficient (Wildman–Crippen LogP) is 4.41. The first-order valence-corrected chi connectivity index (χ1v) is 7.16. The number of methoxy groups -OCH3 is 1. The van der Waals surface area contributed by atoms with Gasteiger partial charge in [-0.2, -0.15) is 8.78 Å². The van der Waals surface area contributed by atoms with E-state index in [4.69, 9.17) is 17.0 Å². The number of rotatable bonds is 5. The Hall–Kier alpha value is -2.41. The average molecular weight is 338 g/mol. The molecule has 0 aromatic heterocycles. The van der Waals surface area contributed by atoms with Gasteiger partial charge in [-0.25, -0.2) is 0 Å². The number of nitrogens with one attached hydrogen (secondary N) is 2. The van der Waals surface area contributed by atoms with Gasteiger partial charge in [-0.15, -0.1) is 0 Å². The molecule has 2 rings (SSSR count). The van der Waals surface area contributed by atoms with Gasteiger partial charge in [0.2, 0.25) is 0 Å². The molecule has 2 N–H and O–H groups in total. The van der Waals surface area contributed by atoms with Gasteiger partial charge in [-0.05, 0) is 61.1 Å². The minimum atomic E-state index is -2.90. The van der Waals surface area contributed by atoms with Crippen molar-refractivity contribution in [1.29, 1.82) is 0 Å². The van der Waals surface area contributed by atoms with Gasteiger partial charge in [0, 0.05) is 5.69 Å². The molecule has 0 bridgehead atoms. The van der Waals surface area contributed by atoms with E-state index in [1.807, 2.05) is 0 Å². The number of hydrogen-bond donors (Lipinski definition) is 2. The number of halogens is 2. The smallest absolute Gasteiger partial charge is 0.387 e. The van der Waals surface area contributed by atoms with E-state index in [0.717, 1.165) is 17.0 Å². The summed E-state index contributed by atoms with van der Waals surface area (Å²) in [6.45, 7) is -1.11. The minimum absolute atomic E-state index is 0.0406. The van der Waals surface area contributed by atoms with Gasteiger partial charge >= 0.3 is 6.61 Å². The zero-order valence-electron chi connectivity index (χ0n) is 12.6. The van der Waals surface area contributed by atoms with E-state index in [1.54, 1.807) is 50.4 Å². The molecule has 0 atom stereocenters. The highest BCUT2D eigenvalue weighted by Crippen LogP contribution is 2.27. The molecule has 0 fully saturated rings. The third-order valence-electron chi connectivity index (χ3n) is 2.95. The molecule has 0 heterocycles. The van der Waals surface area contributed by atoms with Gasteiger partial charge in [-0.1, -0.05) is 6.07 Å². The van der Waals surface area contributed by atoms with E-state index >= 15 is 0 Å². The molecule has 2 aromatic carbocycles. The third-order valence-corrected chi connectivity index (χ3v) is 3.15. The Kier molecular flexibility index (Phi) is 5.70. The summed E-state index contributed by atoms with van der Waals surface area (Å²) >= 11 is 5.19. The molecule has 0 amide bonds. The summed E-state index contributed by atoms with van der Waals surface area (Å²) in [7, 11) is 1.58. The zero-order valence-corrected chi connectivity index (χ0v) is 13.4. The molecule has 122 valence electrons. The quantitative estimate of drug-likeness (QED) is 0.790. The summed E-state index contributed by atoms with van der Waals surface area (Å²) in [6, 6.07) is 12.1. The molecule has 0 aliphatic rings. The molecular weight excluding hydrogens is 322 g/mol. The van der Waals surface area contributed by atoms with E-state index in [2.05, 4.69) is 15.4 Å².